The van der Waals surface area contributed by atoms with Crippen molar-refractivity contribution < 1.29 is 19.8 Å². The SMILES string of the molecule is CSCC(=O)NCCC(O)C(=O)O. The third-order valence-electron chi connectivity index (χ3n) is 1.30. The second-order valence-electron chi connectivity index (χ2n) is 2.43. The predicted molar refractivity (Wildman–Crippen MR) is 49.7 cm³/mol. The molecule has 13 heavy (non-hydrogen) atoms. The van der Waals surface area contributed by atoms with E-state index in [1.165, 1.54) is 11.8 Å². The van der Waals surface area contributed by atoms with Crippen LogP contribution in [0.25, 0.3) is 0 Å². The zero-order valence-corrected chi connectivity index (χ0v) is 8.13. The summed E-state index contributed by atoms with van der Waals surface area (Å²) in [5, 5.41) is 19.6. The summed E-state index contributed by atoms with van der Waals surface area (Å²) in [6, 6.07) is 0. The van der Waals surface area contributed by atoms with Gasteiger partial charge in [-0.05, 0) is 6.26 Å². The minimum atomic E-state index is -1.39. The number of aliphatic hydroxyl groups excluding tert-OH is 1. The van der Waals surface area contributed by atoms with Crippen LogP contribution in [0.5, 0.6) is 0 Å². The first kappa shape index (κ1) is 12.2. The first-order valence-corrected chi connectivity index (χ1v) is 5.13. The van der Waals surface area contributed by atoms with Crippen LogP contribution in [0.2, 0.25) is 0 Å². The summed E-state index contributed by atoms with van der Waals surface area (Å²) in [6.45, 7) is 0.187. The molecule has 0 aliphatic heterocycles. The molecular weight excluding hydrogens is 194 g/mol. The Kier molecular flexibility index (Phi) is 6.34. The number of hydrogen-bond donors (Lipinski definition) is 3. The predicted octanol–water partition coefficient (Wildman–Crippen LogP) is -0.699. The van der Waals surface area contributed by atoms with Crippen molar-refractivity contribution >= 4 is 23.6 Å². The fourth-order valence-corrected chi connectivity index (χ4v) is 1.02. The van der Waals surface area contributed by atoms with E-state index < -0.39 is 12.1 Å². The number of hydrogen-bond acceptors (Lipinski definition) is 4. The zero-order chi connectivity index (χ0) is 10.3. The number of carbonyl (C=O) groups excluding carboxylic acids is 1. The van der Waals surface area contributed by atoms with Gasteiger partial charge in [0.25, 0.3) is 0 Å². The number of carboxylic acid groups (broad SMARTS) is 1. The second kappa shape index (κ2) is 6.73. The fraction of sp³-hybridized carbons (Fsp3) is 0.714. The van der Waals surface area contributed by atoms with Crippen LogP contribution in [0.1, 0.15) is 6.42 Å². The van der Waals surface area contributed by atoms with Crippen LogP contribution in [-0.2, 0) is 9.59 Å². The number of nitrogens with one attached hydrogen (secondary N) is 1. The molecule has 0 aliphatic carbocycles. The first-order chi connectivity index (χ1) is 6.07. The van der Waals surface area contributed by atoms with Crippen molar-refractivity contribution in [1.29, 1.82) is 0 Å². The summed E-state index contributed by atoms with van der Waals surface area (Å²) >= 11 is 1.38. The Morgan fingerprint density at radius 2 is 2.15 bits per heavy atom. The number of aliphatic carboxylic acids is 1. The molecule has 3 N–H and O–H groups in total. The number of amides is 1. The van der Waals surface area contributed by atoms with E-state index in [1.54, 1.807) is 6.26 Å². The number of carboxylic acids is 1. The van der Waals surface area contributed by atoms with E-state index in [-0.39, 0.29) is 18.9 Å². The number of thioether (sulfide) groups is 1. The average molecular weight is 207 g/mol. The molecule has 76 valence electrons. The van der Waals surface area contributed by atoms with E-state index in [2.05, 4.69) is 5.32 Å². The van der Waals surface area contributed by atoms with E-state index in [0.717, 1.165) is 0 Å². The number of rotatable bonds is 6. The van der Waals surface area contributed by atoms with Crippen molar-refractivity contribution in [3.63, 3.8) is 0 Å². The molecule has 0 heterocycles. The second-order valence-corrected chi connectivity index (χ2v) is 3.29. The third kappa shape index (κ3) is 6.41. The Bertz CT molecular complexity index is 185. The highest BCUT2D eigenvalue weighted by atomic mass is 32.2. The van der Waals surface area contributed by atoms with Gasteiger partial charge < -0.3 is 15.5 Å². The van der Waals surface area contributed by atoms with Gasteiger partial charge in [-0.1, -0.05) is 0 Å². The summed E-state index contributed by atoms with van der Waals surface area (Å²) < 4.78 is 0. The Labute approximate surface area is 80.5 Å². The lowest BCUT2D eigenvalue weighted by molar-refractivity contribution is -0.147. The topological polar surface area (TPSA) is 86.6 Å². The van der Waals surface area contributed by atoms with Crippen LogP contribution < -0.4 is 5.32 Å². The van der Waals surface area contributed by atoms with E-state index in [0.29, 0.717) is 5.75 Å². The molecule has 1 amide bonds. The summed E-state index contributed by atoms with van der Waals surface area (Å²) in [6.07, 6.45) is 0.441. The third-order valence-corrected chi connectivity index (χ3v) is 1.85. The molecule has 0 bridgehead atoms. The zero-order valence-electron chi connectivity index (χ0n) is 7.32. The van der Waals surface area contributed by atoms with Crippen molar-refractivity contribution in [2.45, 2.75) is 12.5 Å². The van der Waals surface area contributed by atoms with Gasteiger partial charge in [0.2, 0.25) is 5.91 Å². The van der Waals surface area contributed by atoms with Crippen molar-refractivity contribution in [2.24, 2.45) is 0 Å². The van der Waals surface area contributed by atoms with Crippen LogP contribution in [-0.4, -0.2) is 46.7 Å². The van der Waals surface area contributed by atoms with Gasteiger partial charge in [0.05, 0.1) is 5.75 Å². The Hall–Kier alpha value is -0.750. The molecule has 0 saturated carbocycles. The molecule has 0 rings (SSSR count). The lowest BCUT2D eigenvalue weighted by Gasteiger charge is -2.06. The van der Waals surface area contributed by atoms with E-state index in [4.69, 9.17) is 10.2 Å². The molecule has 0 radical (unpaired) electrons. The minimum Gasteiger partial charge on any atom is -0.479 e. The summed E-state index contributed by atoms with van der Waals surface area (Å²) in [7, 11) is 0. The molecule has 0 fully saturated rings. The summed E-state index contributed by atoms with van der Waals surface area (Å²) in [4.78, 5) is 21.0. The maximum Gasteiger partial charge on any atom is 0.332 e. The van der Waals surface area contributed by atoms with Crippen molar-refractivity contribution in [3.8, 4) is 0 Å². The molecule has 1 unspecified atom stereocenters. The number of aliphatic hydroxyl groups is 1. The molecule has 1 atom stereocenters. The molecule has 0 spiro atoms. The quantitative estimate of drug-likeness (QED) is 0.536. The highest BCUT2D eigenvalue weighted by Crippen LogP contribution is 1.92. The average Bonchev–Trinajstić information content (AvgIpc) is 2.04. The standard InChI is InChI=1S/C7H13NO4S/c1-13-4-6(10)8-3-2-5(9)7(11)12/h5,9H,2-4H2,1H3,(H,8,10)(H,11,12). The van der Waals surface area contributed by atoms with Gasteiger partial charge in [-0.25, -0.2) is 4.79 Å². The van der Waals surface area contributed by atoms with Gasteiger partial charge >= 0.3 is 5.97 Å². The molecule has 0 aromatic carbocycles. The molecule has 5 nitrogen and oxygen atoms in total. The maximum atomic E-state index is 10.8. The normalized spacial score (nSPS) is 12.2. The van der Waals surface area contributed by atoms with Crippen LogP contribution in [0, 0.1) is 0 Å². The lowest BCUT2D eigenvalue weighted by atomic mass is 10.2. The Morgan fingerprint density at radius 1 is 1.54 bits per heavy atom. The van der Waals surface area contributed by atoms with E-state index in [9.17, 15) is 9.59 Å². The van der Waals surface area contributed by atoms with Crippen molar-refractivity contribution in [3.05, 3.63) is 0 Å². The van der Waals surface area contributed by atoms with Gasteiger partial charge in [0, 0.05) is 13.0 Å². The Balaban J connectivity index is 3.44. The van der Waals surface area contributed by atoms with E-state index >= 15 is 0 Å². The van der Waals surface area contributed by atoms with Crippen molar-refractivity contribution in [2.75, 3.05) is 18.6 Å². The highest BCUT2D eigenvalue weighted by Gasteiger charge is 2.12. The van der Waals surface area contributed by atoms with Crippen molar-refractivity contribution in [1.82, 2.24) is 5.32 Å². The van der Waals surface area contributed by atoms with Gasteiger partial charge in [-0.15, -0.1) is 0 Å². The van der Waals surface area contributed by atoms with Crippen LogP contribution in [0.4, 0.5) is 0 Å². The van der Waals surface area contributed by atoms with Crippen LogP contribution in [0.15, 0.2) is 0 Å². The molecule has 0 aromatic heterocycles. The Morgan fingerprint density at radius 3 is 2.62 bits per heavy atom. The van der Waals surface area contributed by atoms with Crippen LogP contribution >= 0.6 is 11.8 Å². The summed E-state index contributed by atoms with van der Waals surface area (Å²) in [5.41, 5.74) is 0. The van der Waals surface area contributed by atoms with Gasteiger partial charge in [0.15, 0.2) is 6.10 Å². The first-order valence-electron chi connectivity index (χ1n) is 3.74. The maximum absolute atomic E-state index is 10.8. The van der Waals surface area contributed by atoms with Crippen LogP contribution in [0.3, 0.4) is 0 Å². The number of carbonyl (C=O) groups is 2. The molecular formula is C7H13NO4S. The fourth-order valence-electron chi connectivity index (χ4n) is 0.654. The molecule has 6 heteroatoms. The molecule has 0 aromatic rings. The highest BCUT2D eigenvalue weighted by molar-refractivity contribution is 7.99. The largest absolute Gasteiger partial charge is 0.479 e. The molecule has 0 aliphatic rings. The smallest absolute Gasteiger partial charge is 0.332 e. The monoisotopic (exact) mass is 207 g/mol. The van der Waals surface area contributed by atoms with E-state index in [1.807, 2.05) is 0 Å². The van der Waals surface area contributed by atoms with Gasteiger partial charge in [-0.3, -0.25) is 4.79 Å². The summed E-state index contributed by atoms with van der Waals surface area (Å²) in [5.74, 6) is -1.06. The van der Waals surface area contributed by atoms with Gasteiger partial charge in [-0.2, -0.15) is 11.8 Å². The molecule has 0 saturated heterocycles. The minimum absolute atomic E-state index is 0.0372. The van der Waals surface area contributed by atoms with Gasteiger partial charge in [0.1, 0.15) is 0 Å². The lowest BCUT2D eigenvalue weighted by Crippen LogP contribution is -2.30.